The van der Waals surface area contributed by atoms with Gasteiger partial charge in [0.15, 0.2) is 5.78 Å². The van der Waals surface area contributed by atoms with Gasteiger partial charge in [0.25, 0.3) is 0 Å². The molecule has 192 valence electrons. The van der Waals surface area contributed by atoms with E-state index in [1.807, 2.05) is 43.5 Å². The third-order valence-electron chi connectivity index (χ3n) is 6.87. The summed E-state index contributed by atoms with van der Waals surface area (Å²) in [7, 11) is 0. The number of rotatable bonds is 10. The largest absolute Gasteiger partial charge is 0.481 e. The van der Waals surface area contributed by atoms with Crippen molar-refractivity contribution in [2.24, 2.45) is 5.92 Å². The van der Waals surface area contributed by atoms with Crippen LogP contribution in [0.3, 0.4) is 0 Å². The number of carbonyl (C=O) groups is 2. The lowest BCUT2D eigenvalue weighted by atomic mass is 9.94. The van der Waals surface area contributed by atoms with Crippen LogP contribution < -0.4 is 0 Å². The number of carbonyl (C=O) groups excluding carboxylic acids is 1. The highest BCUT2D eigenvalue weighted by atomic mass is 35.5. The molecule has 0 saturated carbocycles. The lowest BCUT2D eigenvalue weighted by molar-refractivity contribution is -0.137. The molecule has 1 heterocycles. The second kappa shape index (κ2) is 11.3. The molecule has 4 aromatic rings. The van der Waals surface area contributed by atoms with Gasteiger partial charge < -0.3 is 5.11 Å². The van der Waals surface area contributed by atoms with Crippen molar-refractivity contribution < 1.29 is 14.7 Å². The number of ketones is 1. The number of nitrogens with zero attached hydrogens (tertiary/aromatic N) is 2. The van der Waals surface area contributed by atoms with Gasteiger partial charge in [-0.05, 0) is 67.0 Å². The fourth-order valence-electron chi connectivity index (χ4n) is 4.90. The fraction of sp³-hybridized carbons (Fsp3) is 0.323. The quantitative estimate of drug-likeness (QED) is 0.216. The molecule has 6 heteroatoms. The number of fused-ring (bicyclic) bond motifs is 1. The van der Waals surface area contributed by atoms with Crippen molar-refractivity contribution in [2.75, 3.05) is 0 Å². The van der Waals surface area contributed by atoms with Crippen molar-refractivity contribution in [1.29, 1.82) is 0 Å². The van der Waals surface area contributed by atoms with Crippen molar-refractivity contribution in [3.05, 3.63) is 88.1 Å². The molecule has 3 aromatic carbocycles. The number of Topliss-reactive ketones (excluding diaryl/α,β-unsaturated/α-hetero) is 1. The maximum Gasteiger partial charge on any atom is 0.303 e. The highest BCUT2D eigenvalue weighted by Gasteiger charge is 2.21. The minimum absolute atomic E-state index is 0.00388. The molecule has 1 unspecified atom stereocenters. The van der Waals surface area contributed by atoms with E-state index < -0.39 is 5.97 Å². The average molecular weight is 517 g/mol. The first-order valence-corrected chi connectivity index (χ1v) is 13.1. The van der Waals surface area contributed by atoms with Crippen LogP contribution in [0.2, 0.25) is 5.02 Å². The molecule has 0 spiro atoms. The Kier molecular flexibility index (Phi) is 8.13. The Labute approximate surface area is 223 Å². The number of carboxylic acid groups (broad SMARTS) is 1. The first-order chi connectivity index (χ1) is 17.7. The predicted octanol–water partition coefficient (Wildman–Crippen LogP) is 8.05. The first kappa shape index (κ1) is 26.6. The molecule has 0 aliphatic carbocycles. The van der Waals surface area contributed by atoms with Crippen LogP contribution in [0.15, 0.2) is 60.8 Å². The van der Waals surface area contributed by atoms with E-state index in [4.69, 9.17) is 21.8 Å². The van der Waals surface area contributed by atoms with Gasteiger partial charge in [0.2, 0.25) is 0 Å². The Morgan fingerprint density at radius 2 is 1.68 bits per heavy atom. The summed E-state index contributed by atoms with van der Waals surface area (Å²) in [6.07, 6.45) is 3.42. The number of benzene rings is 3. The molecule has 0 bridgehead atoms. The van der Waals surface area contributed by atoms with Gasteiger partial charge in [0, 0.05) is 34.4 Å². The monoisotopic (exact) mass is 516 g/mol. The topological polar surface area (TPSA) is 72.2 Å². The van der Waals surface area contributed by atoms with Crippen molar-refractivity contribution in [2.45, 2.75) is 59.4 Å². The van der Waals surface area contributed by atoms with Gasteiger partial charge in [-0.15, -0.1) is 0 Å². The van der Waals surface area contributed by atoms with Gasteiger partial charge in [-0.2, -0.15) is 5.10 Å². The van der Waals surface area contributed by atoms with E-state index >= 15 is 0 Å². The summed E-state index contributed by atoms with van der Waals surface area (Å²) in [5.74, 6) is -0.473. The zero-order valence-corrected chi connectivity index (χ0v) is 22.5. The summed E-state index contributed by atoms with van der Waals surface area (Å²) in [5, 5.41) is 15.5. The third kappa shape index (κ3) is 5.94. The average Bonchev–Trinajstić information content (AvgIpc) is 3.28. The van der Waals surface area contributed by atoms with Crippen LogP contribution in [0.4, 0.5) is 0 Å². The summed E-state index contributed by atoms with van der Waals surface area (Å²) in [6.45, 7) is 8.54. The van der Waals surface area contributed by atoms with Crippen LogP contribution >= 0.6 is 11.6 Å². The molecule has 0 fully saturated rings. The minimum Gasteiger partial charge on any atom is -0.481 e. The van der Waals surface area contributed by atoms with E-state index in [-0.39, 0.29) is 24.7 Å². The van der Waals surface area contributed by atoms with Crippen LogP contribution in [0, 0.1) is 19.8 Å². The summed E-state index contributed by atoms with van der Waals surface area (Å²) in [4.78, 5) is 23.2. The van der Waals surface area contributed by atoms with Crippen molar-refractivity contribution >= 4 is 34.3 Å². The SMILES string of the molecule is Cc1ccc(-c2ccc3c(cnn3C(CC(C)C)c3ccc(C(=O)CCCC(=O)O)cc3)c2C)c(Cl)c1. The molecule has 1 aromatic heterocycles. The molecule has 0 saturated heterocycles. The summed E-state index contributed by atoms with van der Waals surface area (Å²) in [6, 6.07) is 18.1. The number of hydrogen-bond donors (Lipinski definition) is 1. The highest BCUT2D eigenvalue weighted by molar-refractivity contribution is 6.33. The molecule has 0 radical (unpaired) electrons. The first-order valence-electron chi connectivity index (χ1n) is 12.7. The van der Waals surface area contributed by atoms with Crippen LogP contribution in [0.25, 0.3) is 22.0 Å². The minimum atomic E-state index is -0.879. The van der Waals surface area contributed by atoms with Crippen LogP contribution in [-0.4, -0.2) is 26.6 Å². The Balaban J connectivity index is 1.67. The van der Waals surface area contributed by atoms with Crippen LogP contribution in [-0.2, 0) is 4.79 Å². The van der Waals surface area contributed by atoms with Gasteiger partial charge in [0.1, 0.15) is 0 Å². The van der Waals surface area contributed by atoms with Gasteiger partial charge in [0.05, 0.1) is 17.8 Å². The Morgan fingerprint density at radius 3 is 2.32 bits per heavy atom. The van der Waals surface area contributed by atoms with Crippen LogP contribution in [0.1, 0.15) is 72.6 Å². The Bertz CT molecular complexity index is 1440. The molecule has 5 nitrogen and oxygen atoms in total. The third-order valence-corrected chi connectivity index (χ3v) is 7.18. The number of aryl methyl sites for hydroxylation is 2. The number of aromatic nitrogens is 2. The predicted molar refractivity (Wildman–Crippen MR) is 150 cm³/mol. The molecule has 1 atom stereocenters. The molecule has 1 N–H and O–H groups in total. The molecule has 0 aliphatic rings. The van der Waals surface area contributed by atoms with Gasteiger partial charge in [-0.25, -0.2) is 0 Å². The second-order valence-corrected chi connectivity index (χ2v) is 10.6. The summed E-state index contributed by atoms with van der Waals surface area (Å²) in [5.41, 5.74) is 7.14. The molecule has 37 heavy (non-hydrogen) atoms. The standard InChI is InChI=1S/C31H33ClN2O3/c1-19(2)16-29(22-9-11-23(12-10-22)30(35)6-5-7-31(36)37)34-28-15-14-24(21(4)26(28)18-33-34)25-13-8-20(3)17-27(25)32/h8-15,17-19,29H,5-7,16H2,1-4H3,(H,36,37). The molecular weight excluding hydrogens is 484 g/mol. The maximum absolute atomic E-state index is 12.5. The Morgan fingerprint density at radius 1 is 0.973 bits per heavy atom. The molecule has 4 rings (SSSR count). The van der Waals surface area contributed by atoms with E-state index in [1.165, 1.54) is 0 Å². The molecule has 0 aliphatic heterocycles. The summed E-state index contributed by atoms with van der Waals surface area (Å²) < 4.78 is 2.09. The van der Waals surface area contributed by atoms with E-state index in [2.05, 4.69) is 49.7 Å². The van der Waals surface area contributed by atoms with Crippen molar-refractivity contribution in [3.63, 3.8) is 0 Å². The maximum atomic E-state index is 12.5. The fourth-order valence-corrected chi connectivity index (χ4v) is 5.23. The number of hydrogen-bond acceptors (Lipinski definition) is 3. The smallest absolute Gasteiger partial charge is 0.303 e. The lowest BCUT2D eigenvalue weighted by Gasteiger charge is -2.22. The molecule has 0 amide bonds. The normalized spacial score (nSPS) is 12.3. The van der Waals surface area contributed by atoms with Crippen molar-refractivity contribution in [1.82, 2.24) is 9.78 Å². The van der Waals surface area contributed by atoms with Gasteiger partial charge in [-0.3, -0.25) is 14.3 Å². The van der Waals surface area contributed by atoms with E-state index in [1.54, 1.807) is 0 Å². The van der Waals surface area contributed by atoms with E-state index in [9.17, 15) is 9.59 Å². The second-order valence-electron chi connectivity index (χ2n) is 10.2. The van der Waals surface area contributed by atoms with Crippen molar-refractivity contribution in [3.8, 4) is 11.1 Å². The Hall–Kier alpha value is -3.44. The van der Waals surface area contributed by atoms with Gasteiger partial charge >= 0.3 is 5.97 Å². The molecular formula is C31H33ClN2O3. The van der Waals surface area contributed by atoms with Crippen LogP contribution in [0.5, 0.6) is 0 Å². The number of aliphatic carboxylic acids is 1. The zero-order chi connectivity index (χ0) is 26.7. The van der Waals surface area contributed by atoms with Gasteiger partial charge in [-0.1, -0.05) is 67.9 Å². The summed E-state index contributed by atoms with van der Waals surface area (Å²) >= 11 is 6.59. The number of halogens is 1. The lowest BCUT2D eigenvalue weighted by Crippen LogP contribution is -2.15. The zero-order valence-electron chi connectivity index (χ0n) is 21.8. The van der Waals surface area contributed by atoms with E-state index in [0.717, 1.165) is 50.2 Å². The van der Waals surface area contributed by atoms with E-state index in [0.29, 0.717) is 17.9 Å². The number of carboxylic acids is 1. The highest BCUT2D eigenvalue weighted by Crippen LogP contribution is 2.36.